The molecule has 0 amide bonds. The molecule has 2 aromatic carbocycles. The second-order valence-electron chi connectivity index (χ2n) is 6.00. The number of para-hydroxylation sites is 1. The Morgan fingerprint density at radius 2 is 1.85 bits per heavy atom. The van der Waals surface area contributed by atoms with Crippen LogP contribution in [-0.4, -0.2) is 24.8 Å². The van der Waals surface area contributed by atoms with Crippen molar-refractivity contribution < 1.29 is 4.74 Å². The molecule has 130 valence electrons. The zero-order valence-corrected chi connectivity index (χ0v) is 14.5. The van der Waals surface area contributed by atoms with Gasteiger partial charge in [0.25, 0.3) is 0 Å². The summed E-state index contributed by atoms with van der Waals surface area (Å²) in [6, 6.07) is 17.4. The summed E-state index contributed by atoms with van der Waals surface area (Å²) in [5, 5.41) is 8.77. The molecule has 0 radical (unpaired) electrons. The molecule has 26 heavy (non-hydrogen) atoms. The topological polar surface area (TPSA) is 74.8 Å². The predicted octanol–water partition coefficient (Wildman–Crippen LogP) is 2.40. The summed E-state index contributed by atoms with van der Waals surface area (Å²) >= 11 is 0. The molecule has 0 aliphatic carbocycles. The fraction of sp³-hybridized carbons (Fsp3) is 0.158. The van der Waals surface area contributed by atoms with Gasteiger partial charge >= 0.3 is 5.69 Å². The van der Waals surface area contributed by atoms with Gasteiger partial charge in [-0.3, -0.25) is 0 Å². The number of benzene rings is 2. The van der Waals surface area contributed by atoms with Gasteiger partial charge in [-0.1, -0.05) is 30.3 Å². The summed E-state index contributed by atoms with van der Waals surface area (Å²) in [7, 11) is 1.57. The SMILES string of the molecule is Cc1cccc(-n2nnn(C)c2=O)c1COc1ccc2ccccc2n1. The first-order chi connectivity index (χ1) is 12.6. The smallest absolute Gasteiger partial charge is 0.368 e. The van der Waals surface area contributed by atoms with Crippen LogP contribution in [0.3, 0.4) is 0 Å². The third-order valence-corrected chi connectivity index (χ3v) is 4.27. The lowest BCUT2D eigenvalue weighted by Gasteiger charge is -2.12. The quantitative estimate of drug-likeness (QED) is 0.567. The van der Waals surface area contributed by atoms with Gasteiger partial charge in [0.2, 0.25) is 5.88 Å². The summed E-state index contributed by atoms with van der Waals surface area (Å²) in [5.41, 5.74) is 3.09. The third kappa shape index (κ3) is 2.83. The van der Waals surface area contributed by atoms with Gasteiger partial charge in [-0.05, 0) is 41.1 Å². The zero-order chi connectivity index (χ0) is 18.1. The van der Waals surface area contributed by atoms with E-state index in [-0.39, 0.29) is 12.3 Å². The Bertz CT molecular complexity index is 1150. The van der Waals surface area contributed by atoms with Gasteiger partial charge in [0.1, 0.15) is 6.61 Å². The van der Waals surface area contributed by atoms with Crippen LogP contribution in [0.5, 0.6) is 5.88 Å². The summed E-state index contributed by atoms with van der Waals surface area (Å²) < 4.78 is 8.38. The summed E-state index contributed by atoms with van der Waals surface area (Å²) in [6.45, 7) is 2.24. The van der Waals surface area contributed by atoms with Crippen LogP contribution in [0.15, 0.2) is 59.4 Å². The van der Waals surface area contributed by atoms with Gasteiger partial charge in [0.15, 0.2) is 0 Å². The molecule has 2 aromatic heterocycles. The zero-order valence-electron chi connectivity index (χ0n) is 14.5. The molecule has 0 aliphatic heterocycles. The number of ether oxygens (including phenoxy) is 1. The van der Waals surface area contributed by atoms with Crippen LogP contribution >= 0.6 is 0 Å². The van der Waals surface area contributed by atoms with Crippen molar-refractivity contribution in [2.75, 3.05) is 0 Å². The van der Waals surface area contributed by atoms with Crippen molar-refractivity contribution in [2.24, 2.45) is 7.05 Å². The molecule has 2 heterocycles. The Kier molecular flexibility index (Phi) is 3.96. The number of tetrazole rings is 1. The molecule has 0 unspecified atom stereocenters. The lowest BCUT2D eigenvalue weighted by molar-refractivity contribution is 0.293. The fourth-order valence-electron chi connectivity index (χ4n) is 2.81. The van der Waals surface area contributed by atoms with Crippen LogP contribution in [0.25, 0.3) is 16.6 Å². The standard InChI is InChI=1S/C19H17N5O2/c1-13-6-5-9-17(24-19(25)23(2)21-22-24)15(13)12-26-18-11-10-14-7-3-4-8-16(14)20-18/h3-11H,12H2,1-2H3. The van der Waals surface area contributed by atoms with Crippen molar-refractivity contribution in [3.8, 4) is 11.6 Å². The van der Waals surface area contributed by atoms with Crippen LogP contribution < -0.4 is 10.4 Å². The maximum absolute atomic E-state index is 12.2. The van der Waals surface area contributed by atoms with Gasteiger partial charge in [0, 0.05) is 24.1 Å². The van der Waals surface area contributed by atoms with E-state index in [9.17, 15) is 4.79 Å². The van der Waals surface area contributed by atoms with Crippen LogP contribution in [-0.2, 0) is 13.7 Å². The second kappa shape index (κ2) is 6.44. The fourth-order valence-corrected chi connectivity index (χ4v) is 2.81. The van der Waals surface area contributed by atoms with E-state index < -0.39 is 0 Å². The molecular weight excluding hydrogens is 330 g/mol. The minimum absolute atomic E-state index is 0.274. The number of hydrogen-bond acceptors (Lipinski definition) is 5. The maximum atomic E-state index is 12.2. The Labute approximate surface area is 149 Å². The predicted molar refractivity (Wildman–Crippen MR) is 97.4 cm³/mol. The van der Waals surface area contributed by atoms with Gasteiger partial charge in [0.05, 0.1) is 11.2 Å². The van der Waals surface area contributed by atoms with Crippen molar-refractivity contribution in [1.82, 2.24) is 24.8 Å². The van der Waals surface area contributed by atoms with E-state index in [4.69, 9.17) is 4.74 Å². The second-order valence-corrected chi connectivity index (χ2v) is 6.00. The lowest BCUT2D eigenvalue weighted by atomic mass is 10.1. The van der Waals surface area contributed by atoms with E-state index in [1.54, 1.807) is 7.05 Å². The molecule has 0 saturated carbocycles. The van der Waals surface area contributed by atoms with E-state index >= 15 is 0 Å². The molecule has 7 heteroatoms. The number of pyridine rings is 1. The van der Waals surface area contributed by atoms with Gasteiger partial charge in [-0.15, -0.1) is 0 Å². The monoisotopic (exact) mass is 347 g/mol. The summed E-state index contributed by atoms with van der Waals surface area (Å²) in [4.78, 5) is 16.7. The van der Waals surface area contributed by atoms with Crippen molar-refractivity contribution in [1.29, 1.82) is 0 Å². The van der Waals surface area contributed by atoms with Crippen molar-refractivity contribution >= 4 is 10.9 Å². The third-order valence-electron chi connectivity index (χ3n) is 4.27. The van der Waals surface area contributed by atoms with Crippen LogP contribution in [0.4, 0.5) is 0 Å². The van der Waals surface area contributed by atoms with E-state index in [2.05, 4.69) is 15.4 Å². The summed E-state index contributed by atoms with van der Waals surface area (Å²) in [6.07, 6.45) is 0. The van der Waals surface area contributed by atoms with E-state index in [1.165, 1.54) is 9.36 Å². The molecule has 0 spiro atoms. The Balaban J connectivity index is 1.67. The molecule has 4 rings (SSSR count). The van der Waals surface area contributed by atoms with Crippen molar-refractivity contribution in [3.63, 3.8) is 0 Å². The van der Waals surface area contributed by atoms with Gasteiger partial charge < -0.3 is 4.74 Å². The summed E-state index contributed by atoms with van der Waals surface area (Å²) in [5.74, 6) is 0.532. The van der Waals surface area contributed by atoms with E-state index in [1.807, 2.05) is 61.5 Å². The Morgan fingerprint density at radius 3 is 2.65 bits per heavy atom. The minimum atomic E-state index is -0.305. The van der Waals surface area contributed by atoms with Crippen LogP contribution in [0, 0.1) is 6.92 Å². The number of fused-ring (bicyclic) bond motifs is 1. The Hall–Kier alpha value is -3.48. The van der Waals surface area contributed by atoms with Gasteiger partial charge in [-0.25, -0.2) is 9.78 Å². The number of nitrogens with zero attached hydrogens (tertiary/aromatic N) is 5. The highest BCUT2D eigenvalue weighted by atomic mass is 16.5. The molecule has 0 N–H and O–H groups in total. The first-order valence-corrected chi connectivity index (χ1v) is 8.20. The normalized spacial score (nSPS) is 11.0. The number of aromatic nitrogens is 5. The first kappa shape index (κ1) is 16.0. The molecule has 0 atom stereocenters. The molecule has 7 nitrogen and oxygen atoms in total. The highest BCUT2D eigenvalue weighted by Gasteiger charge is 2.13. The molecule has 0 aliphatic rings. The van der Waals surface area contributed by atoms with E-state index in [0.717, 1.165) is 22.0 Å². The Morgan fingerprint density at radius 1 is 1.00 bits per heavy atom. The average Bonchev–Trinajstić information content (AvgIpc) is 2.99. The van der Waals surface area contributed by atoms with Gasteiger partial charge in [-0.2, -0.15) is 9.36 Å². The van der Waals surface area contributed by atoms with Crippen molar-refractivity contribution in [3.05, 3.63) is 76.2 Å². The first-order valence-electron chi connectivity index (χ1n) is 8.20. The van der Waals surface area contributed by atoms with Crippen molar-refractivity contribution in [2.45, 2.75) is 13.5 Å². The highest BCUT2D eigenvalue weighted by molar-refractivity contribution is 5.78. The number of aryl methyl sites for hydroxylation is 2. The molecular formula is C19H17N5O2. The highest BCUT2D eigenvalue weighted by Crippen LogP contribution is 2.21. The average molecular weight is 347 g/mol. The maximum Gasteiger partial charge on any atom is 0.368 e. The largest absolute Gasteiger partial charge is 0.473 e. The number of rotatable bonds is 4. The molecule has 0 bridgehead atoms. The van der Waals surface area contributed by atoms with Crippen LogP contribution in [0.1, 0.15) is 11.1 Å². The lowest BCUT2D eigenvalue weighted by Crippen LogP contribution is -2.23. The van der Waals surface area contributed by atoms with Crippen LogP contribution in [0.2, 0.25) is 0 Å². The molecule has 0 saturated heterocycles. The molecule has 0 fully saturated rings. The molecule has 4 aromatic rings. The minimum Gasteiger partial charge on any atom is -0.473 e. The number of hydrogen-bond donors (Lipinski definition) is 0. The van der Waals surface area contributed by atoms with E-state index in [0.29, 0.717) is 11.6 Å².